The van der Waals surface area contributed by atoms with Gasteiger partial charge >= 0.3 is 0 Å². The number of hydrogen-bond donors (Lipinski definition) is 1. The maximum absolute atomic E-state index is 12.6. The summed E-state index contributed by atoms with van der Waals surface area (Å²) in [4.78, 5) is 35.2. The summed E-state index contributed by atoms with van der Waals surface area (Å²) in [5.41, 5.74) is 2.38. The van der Waals surface area contributed by atoms with Gasteiger partial charge in [-0.3, -0.25) is 9.59 Å². The smallest absolute Gasteiger partial charge is 0.294 e. The lowest BCUT2D eigenvalue weighted by Gasteiger charge is -2.36. The number of amides is 2. The molecule has 7 nitrogen and oxygen atoms in total. The van der Waals surface area contributed by atoms with Crippen LogP contribution in [-0.4, -0.2) is 24.5 Å². The van der Waals surface area contributed by atoms with E-state index in [9.17, 15) is 14.5 Å². The van der Waals surface area contributed by atoms with Crippen molar-refractivity contribution in [3.05, 3.63) is 93.4 Å². The minimum atomic E-state index is -0.745. The molecule has 1 N–H and O–H groups in total. The third-order valence-electron chi connectivity index (χ3n) is 6.58. The number of ether oxygens (including phenoxy) is 2. The van der Waals surface area contributed by atoms with Gasteiger partial charge < -0.3 is 14.8 Å². The fraction of sp³-hybridized carbons (Fsp3) is 0.259. The summed E-state index contributed by atoms with van der Waals surface area (Å²) >= 11 is 6.38. The Morgan fingerprint density at radius 3 is 2.49 bits per heavy atom. The number of nitrogens with zero attached hydrogens (tertiary/aromatic N) is 1. The topological polar surface area (TPSA) is 94.1 Å². The minimum absolute atomic E-state index is 0.118. The molecule has 8 heteroatoms. The monoisotopic (exact) mass is 490 g/mol. The fourth-order valence-electron chi connectivity index (χ4n) is 4.59. The lowest BCUT2D eigenvalue weighted by atomic mass is 9.76. The largest absolute Gasteiger partial charge is 0.493 e. The molecule has 1 aliphatic heterocycles. The minimum Gasteiger partial charge on any atom is -0.493 e. The van der Waals surface area contributed by atoms with Gasteiger partial charge in [-0.2, -0.15) is 0 Å². The summed E-state index contributed by atoms with van der Waals surface area (Å²) < 4.78 is 11.5. The van der Waals surface area contributed by atoms with Gasteiger partial charge in [-0.15, -0.1) is 4.91 Å². The average Bonchev–Trinajstić information content (AvgIpc) is 2.86. The summed E-state index contributed by atoms with van der Waals surface area (Å²) in [5.74, 6) is 0.233. The Kier molecular flexibility index (Phi) is 6.51. The van der Waals surface area contributed by atoms with E-state index in [1.807, 2.05) is 18.2 Å². The second-order valence-electron chi connectivity index (χ2n) is 8.82. The van der Waals surface area contributed by atoms with Gasteiger partial charge in [0.25, 0.3) is 11.8 Å². The number of nitroso groups, excluding NO2 is 1. The lowest BCUT2D eigenvalue weighted by Crippen LogP contribution is -2.43. The number of fused-ring (bicyclic) bond motifs is 1. The quantitative estimate of drug-likeness (QED) is 0.430. The van der Waals surface area contributed by atoms with Gasteiger partial charge in [0.05, 0.1) is 17.5 Å². The van der Waals surface area contributed by atoms with E-state index in [-0.39, 0.29) is 23.6 Å². The second-order valence-corrected chi connectivity index (χ2v) is 9.22. The van der Waals surface area contributed by atoms with Crippen LogP contribution in [-0.2, 0) is 4.79 Å². The number of rotatable bonds is 6. The van der Waals surface area contributed by atoms with Crippen LogP contribution in [0.4, 0.5) is 0 Å². The Morgan fingerprint density at radius 2 is 1.77 bits per heavy atom. The van der Waals surface area contributed by atoms with Crippen molar-refractivity contribution in [2.24, 2.45) is 5.18 Å². The normalized spacial score (nSPS) is 20.5. The Hall–Kier alpha value is -3.71. The molecule has 3 aromatic rings. The van der Waals surface area contributed by atoms with E-state index in [0.29, 0.717) is 40.7 Å². The van der Waals surface area contributed by atoms with E-state index in [0.717, 1.165) is 12.8 Å². The number of halogens is 1. The summed E-state index contributed by atoms with van der Waals surface area (Å²) in [6, 6.07) is 20.5. The lowest BCUT2D eigenvalue weighted by molar-refractivity contribution is -0.119. The first-order valence-corrected chi connectivity index (χ1v) is 11.9. The first-order chi connectivity index (χ1) is 17.0. The molecule has 1 aliphatic carbocycles. The van der Waals surface area contributed by atoms with Crippen molar-refractivity contribution in [1.29, 1.82) is 0 Å². The van der Waals surface area contributed by atoms with Crippen LogP contribution >= 0.6 is 11.6 Å². The zero-order chi connectivity index (χ0) is 24.4. The van der Waals surface area contributed by atoms with Crippen LogP contribution in [0.5, 0.6) is 17.2 Å². The first-order valence-electron chi connectivity index (χ1n) is 11.5. The maximum atomic E-state index is 12.6. The third kappa shape index (κ3) is 4.91. The van der Waals surface area contributed by atoms with E-state index in [2.05, 4.69) is 22.6 Å². The van der Waals surface area contributed by atoms with Crippen LogP contribution in [0, 0.1) is 4.91 Å². The van der Waals surface area contributed by atoms with Gasteiger partial charge in [-0.05, 0) is 61.1 Å². The van der Waals surface area contributed by atoms with Crippen LogP contribution in [0.2, 0.25) is 5.02 Å². The molecule has 3 aromatic carbocycles. The molecular formula is C27H23ClN2O5. The van der Waals surface area contributed by atoms with Crippen molar-refractivity contribution in [2.45, 2.75) is 37.1 Å². The Labute approximate surface area is 207 Å². The molecule has 178 valence electrons. The van der Waals surface area contributed by atoms with Crippen LogP contribution in [0.25, 0.3) is 0 Å². The fourth-order valence-corrected chi connectivity index (χ4v) is 4.80. The number of nitrogens with one attached hydrogen (secondary N) is 1. The van der Waals surface area contributed by atoms with E-state index < -0.39 is 11.8 Å². The standard InChI is InChI=1S/C27H23ClN2O5/c28-23-14-22-21(27(32)30-33)10-11-34-24(22)15-25(23)35-20-8-6-17(7-9-20)26(31)29-19-12-18(13-19)16-4-2-1-3-5-16/h1-9,14-15,18-19,21H,10-13H2,(H,29,31). The van der Waals surface area contributed by atoms with Gasteiger partial charge in [-0.1, -0.05) is 41.9 Å². The summed E-state index contributed by atoms with van der Waals surface area (Å²) in [6.45, 7) is 0.289. The first kappa shape index (κ1) is 23.1. The third-order valence-corrected chi connectivity index (χ3v) is 6.88. The van der Waals surface area contributed by atoms with Crippen molar-refractivity contribution >= 4 is 23.4 Å². The van der Waals surface area contributed by atoms with Gasteiger partial charge in [-0.25, -0.2) is 0 Å². The summed E-state index contributed by atoms with van der Waals surface area (Å²) in [7, 11) is 0. The average molecular weight is 491 g/mol. The van der Waals surface area contributed by atoms with Crippen molar-refractivity contribution in [3.8, 4) is 17.2 Å². The number of hydrogen-bond acceptors (Lipinski definition) is 5. The van der Waals surface area contributed by atoms with Crippen LogP contribution < -0.4 is 14.8 Å². The molecule has 1 heterocycles. The Morgan fingerprint density at radius 1 is 1.03 bits per heavy atom. The molecule has 35 heavy (non-hydrogen) atoms. The van der Waals surface area contributed by atoms with Gasteiger partial charge in [0.2, 0.25) is 0 Å². The summed E-state index contributed by atoms with van der Waals surface area (Å²) in [5, 5.41) is 5.91. The van der Waals surface area contributed by atoms with E-state index in [1.54, 1.807) is 36.4 Å². The zero-order valence-corrected chi connectivity index (χ0v) is 19.5. The van der Waals surface area contributed by atoms with Gasteiger partial charge in [0, 0.05) is 28.4 Å². The van der Waals surface area contributed by atoms with Crippen LogP contribution in [0.15, 0.2) is 71.9 Å². The SMILES string of the molecule is O=NC(=O)C1CCOc2cc(Oc3ccc(C(=O)NC4CC(c5ccccc5)C4)cc3)c(Cl)cc21. The van der Waals surface area contributed by atoms with Crippen molar-refractivity contribution in [3.63, 3.8) is 0 Å². The molecule has 2 amide bonds. The van der Waals surface area contributed by atoms with Gasteiger partial charge in [0.1, 0.15) is 17.2 Å². The molecular weight excluding hydrogens is 468 g/mol. The van der Waals surface area contributed by atoms with Crippen molar-refractivity contribution < 1.29 is 19.1 Å². The number of carbonyl (C=O) groups is 2. The molecule has 0 bridgehead atoms. The molecule has 1 fully saturated rings. The Bertz CT molecular complexity index is 1260. The highest BCUT2D eigenvalue weighted by Gasteiger charge is 2.32. The molecule has 2 aliphatic rings. The van der Waals surface area contributed by atoms with Gasteiger partial charge in [0.15, 0.2) is 0 Å². The zero-order valence-electron chi connectivity index (χ0n) is 18.8. The molecule has 0 radical (unpaired) electrons. The van der Waals surface area contributed by atoms with Crippen LogP contribution in [0.3, 0.4) is 0 Å². The highest BCUT2D eigenvalue weighted by molar-refractivity contribution is 6.32. The highest BCUT2D eigenvalue weighted by Crippen LogP contribution is 2.42. The molecule has 0 saturated heterocycles. The van der Waals surface area contributed by atoms with E-state index >= 15 is 0 Å². The summed E-state index contributed by atoms with van der Waals surface area (Å²) in [6.07, 6.45) is 2.24. The number of benzene rings is 3. The van der Waals surface area contributed by atoms with Crippen LogP contribution in [0.1, 0.15) is 52.6 Å². The van der Waals surface area contributed by atoms with Crippen molar-refractivity contribution in [2.75, 3.05) is 6.61 Å². The van der Waals surface area contributed by atoms with E-state index in [1.165, 1.54) is 5.56 Å². The molecule has 5 rings (SSSR count). The molecule has 1 saturated carbocycles. The molecule has 0 aromatic heterocycles. The predicted octanol–water partition coefficient (Wildman–Crippen LogP) is 5.97. The maximum Gasteiger partial charge on any atom is 0.294 e. The molecule has 1 atom stereocenters. The second kappa shape index (κ2) is 9.88. The molecule has 1 unspecified atom stereocenters. The Balaban J connectivity index is 1.21. The van der Waals surface area contributed by atoms with Crippen molar-refractivity contribution in [1.82, 2.24) is 5.32 Å². The molecule has 0 spiro atoms. The highest BCUT2D eigenvalue weighted by atomic mass is 35.5. The number of carbonyl (C=O) groups excluding carboxylic acids is 2. The predicted molar refractivity (Wildman–Crippen MR) is 131 cm³/mol. The van der Waals surface area contributed by atoms with E-state index in [4.69, 9.17) is 21.1 Å².